The number of aryl methyl sites for hydroxylation is 3. The van der Waals surface area contributed by atoms with Crippen molar-refractivity contribution in [3.8, 4) is 0 Å². The monoisotopic (exact) mass is 359 g/mol. The lowest BCUT2D eigenvalue weighted by Crippen LogP contribution is -2.14. The minimum absolute atomic E-state index is 0.0443. The molecule has 6 nitrogen and oxygen atoms in total. The van der Waals surface area contributed by atoms with Crippen molar-refractivity contribution in [3.05, 3.63) is 78.8 Å². The fourth-order valence-corrected chi connectivity index (χ4v) is 3.07. The van der Waals surface area contributed by atoms with E-state index < -0.39 is 0 Å². The van der Waals surface area contributed by atoms with E-state index in [0.29, 0.717) is 13.0 Å². The highest BCUT2D eigenvalue weighted by molar-refractivity contribution is 5.90. The van der Waals surface area contributed by atoms with E-state index in [-0.39, 0.29) is 5.91 Å². The summed E-state index contributed by atoms with van der Waals surface area (Å²) in [6.07, 6.45) is 6.64. The molecule has 2 heterocycles. The number of carbonyl (C=O) groups is 1. The Labute approximate surface area is 157 Å². The highest BCUT2D eigenvalue weighted by Gasteiger charge is 2.07. The van der Waals surface area contributed by atoms with Gasteiger partial charge in [-0.05, 0) is 18.1 Å². The zero-order valence-corrected chi connectivity index (χ0v) is 15.0. The Bertz CT molecular complexity index is 1030. The Hall–Kier alpha value is -3.41. The molecule has 0 spiro atoms. The molecule has 0 aliphatic rings. The summed E-state index contributed by atoms with van der Waals surface area (Å²) in [5.41, 5.74) is 3.03. The zero-order chi connectivity index (χ0) is 18.5. The van der Waals surface area contributed by atoms with Crippen LogP contribution in [-0.4, -0.2) is 25.5 Å². The molecule has 4 aromatic rings. The van der Waals surface area contributed by atoms with Crippen molar-refractivity contribution in [1.29, 1.82) is 0 Å². The molecule has 0 saturated heterocycles. The van der Waals surface area contributed by atoms with E-state index in [1.165, 1.54) is 5.56 Å². The maximum atomic E-state index is 12.2. The molecule has 136 valence electrons. The van der Waals surface area contributed by atoms with Crippen LogP contribution in [-0.2, 0) is 24.3 Å². The molecule has 0 bridgehead atoms. The molecular weight excluding hydrogens is 338 g/mol. The van der Waals surface area contributed by atoms with Gasteiger partial charge in [-0.2, -0.15) is 10.2 Å². The molecule has 6 heteroatoms. The van der Waals surface area contributed by atoms with E-state index in [1.807, 2.05) is 64.2 Å². The van der Waals surface area contributed by atoms with Crippen LogP contribution < -0.4 is 5.32 Å². The molecule has 2 aromatic carbocycles. The molecule has 4 rings (SSSR count). The quantitative estimate of drug-likeness (QED) is 0.549. The Balaban J connectivity index is 1.29. The molecule has 0 aliphatic carbocycles. The number of benzene rings is 2. The summed E-state index contributed by atoms with van der Waals surface area (Å²) >= 11 is 0. The first kappa shape index (κ1) is 17.0. The highest BCUT2D eigenvalue weighted by Crippen LogP contribution is 2.13. The van der Waals surface area contributed by atoms with Crippen LogP contribution in [0.5, 0.6) is 0 Å². The van der Waals surface area contributed by atoms with Crippen LogP contribution in [0, 0.1) is 0 Å². The van der Waals surface area contributed by atoms with Gasteiger partial charge in [-0.15, -0.1) is 0 Å². The van der Waals surface area contributed by atoms with Crippen LogP contribution in [0.25, 0.3) is 10.9 Å². The Kier molecular flexibility index (Phi) is 4.96. The van der Waals surface area contributed by atoms with E-state index in [1.54, 1.807) is 6.20 Å². The number of hydrogen-bond donors (Lipinski definition) is 1. The topological polar surface area (TPSA) is 64.7 Å². The van der Waals surface area contributed by atoms with Gasteiger partial charge < -0.3 is 5.32 Å². The van der Waals surface area contributed by atoms with Gasteiger partial charge >= 0.3 is 0 Å². The third-order valence-electron chi connectivity index (χ3n) is 4.49. The normalized spacial score (nSPS) is 11.0. The van der Waals surface area contributed by atoms with E-state index in [2.05, 4.69) is 27.6 Å². The van der Waals surface area contributed by atoms with Crippen LogP contribution in [0.15, 0.2) is 73.2 Å². The summed E-state index contributed by atoms with van der Waals surface area (Å²) in [7, 11) is 0. The fourth-order valence-electron chi connectivity index (χ4n) is 3.07. The van der Waals surface area contributed by atoms with Crippen molar-refractivity contribution in [3.63, 3.8) is 0 Å². The number of aromatic nitrogens is 4. The second kappa shape index (κ2) is 7.86. The largest absolute Gasteiger partial charge is 0.323 e. The number of para-hydroxylation sites is 1. The molecule has 0 saturated carbocycles. The summed E-state index contributed by atoms with van der Waals surface area (Å²) in [4.78, 5) is 12.2. The molecule has 0 fully saturated rings. The highest BCUT2D eigenvalue weighted by atomic mass is 16.1. The molecule has 0 aliphatic heterocycles. The van der Waals surface area contributed by atoms with Gasteiger partial charge in [0, 0.05) is 24.5 Å². The Morgan fingerprint density at radius 2 is 1.74 bits per heavy atom. The predicted octanol–water partition coefficient (Wildman–Crippen LogP) is 3.50. The maximum Gasteiger partial charge on any atom is 0.226 e. The minimum Gasteiger partial charge on any atom is -0.323 e. The minimum atomic E-state index is -0.0443. The van der Waals surface area contributed by atoms with Crippen molar-refractivity contribution in [2.24, 2.45) is 0 Å². The Morgan fingerprint density at radius 3 is 2.63 bits per heavy atom. The molecule has 0 unspecified atom stereocenters. The third kappa shape index (κ3) is 4.23. The van der Waals surface area contributed by atoms with E-state index in [9.17, 15) is 4.79 Å². The average molecular weight is 359 g/mol. The van der Waals surface area contributed by atoms with Crippen LogP contribution in [0.4, 0.5) is 5.69 Å². The van der Waals surface area contributed by atoms with Gasteiger partial charge in [-0.1, -0.05) is 48.5 Å². The number of nitrogens with zero attached hydrogens (tertiary/aromatic N) is 4. The van der Waals surface area contributed by atoms with Crippen molar-refractivity contribution >= 4 is 22.5 Å². The zero-order valence-electron chi connectivity index (χ0n) is 15.0. The van der Waals surface area contributed by atoms with Gasteiger partial charge in [-0.25, -0.2) is 0 Å². The molecule has 1 N–H and O–H groups in total. The number of carbonyl (C=O) groups excluding carboxylic acids is 1. The number of nitrogens with one attached hydrogen (secondary N) is 1. The smallest absolute Gasteiger partial charge is 0.226 e. The summed E-state index contributed by atoms with van der Waals surface area (Å²) in [6, 6.07) is 18.3. The molecule has 1 amide bonds. The van der Waals surface area contributed by atoms with E-state index in [4.69, 9.17) is 0 Å². The molecule has 27 heavy (non-hydrogen) atoms. The summed E-state index contributed by atoms with van der Waals surface area (Å²) in [6.45, 7) is 1.32. The lowest BCUT2D eigenvalue weighted by Gasteiger charge is -2.04. The fraction of sp³-hybridized carbons (Fsp3) is 0.190. The van der Waals surface area contributed by atoms with Gasteiger partial charge in [0.25, 0.3) is 0 Å². The first-order chi connectivity index (χ1) is 13.3. The van der Waals surface area contributed by atoms with E-state index in [0.717, 1.165) is 29.6 Å². The number of fused-ring (bicyclic) bond motifs is 1. The molecule has 0 radical (unpaired) electrons. The summed E-state index contributed by atoms with van der Waals surface area (Å²) < 4.78 is 3.71. The van der Waals surface area contributed by atoms with Crippen LogP contribution >= 0.6 is 0 Å². The summed E-state index contributed by atoms with van der Waals surface area (Å²) in [5, 5.41) is 12.7. The van der Waals surface area contributed by atoms with E-state index >= 15 is 0 Å². The van der Waals surface area contributed by atoms with Gasteiger partial charge in [0.15, 0.2) is 0 Å². The number of amides is 1. The van der Waals surface area contributed by atoms with Gasteiger partial charge in [0.2, 0.25) is 5.91 Å². The van der Waals surface area contributed by atoms with Gasteiger partial charge in [0.05, 0.1) is 30.1 Å². The first-order valence-electron chi connectivity index (χ1n) is 9.05. The molecule has 0 atom stereocenters. The maximum absolute atomic E-state index is 12.2. The number of rotatable bonds is 7. The second-order valence-corrected chi connectivity index (χ2v) is 6.45. The molecular formula is C21H21N5O. The summed E-state index contributed by atoms with van der Waals surface area (Å²) in [5.74, 6) is -0.0443. The Morgan fingerprint density at radius 1 is 0.926 bits per heavy atom. The van der Waals surface area contributed by atoms with Crippen molar-refractivity contribution in [2.45, 2.75) is 25.9 Å². The lowest BCUT2D eigenvalue weighted by molar-refractivity contribution is -0.116. The number of anilines is 1. The third-order valence-corrected chi connectivity index (χ3v) is 4.49. The molecule has 2 aromatic heterocycles. The predicted molar refractivity (Wildman–Crippen MR) is 105 cm³/mol. The van der Waals surface area contributed by atoms with Crippen LogP contribution in [0.2, 0.25) is 0 Å². The first-order valence-corrected chi connectivity index (χ1v) is 9.05. The van der Waals surface area contributed by atoms with Gasteiger partial charge in [0.1, 0.15) is 0 Å². The standard InChI is InChI=1S/C21H21N5O/c27-21(11-13-26-20-9-5-4-8-18(20)14-23-26)24-19-15-22-25(16-19)12-10-17-6-2-1-3-7-17/h1-9,14-16H,10-13H2,(H,24,27). The van der Waals surface area contributed by atoms with Crippen LogP contribution in [0.3, 0.4) is 0 Å². The van der Waals surface area contributed by atoms with Crippen molar-refractivity contribution in [1.82, 2.24) is 19.6 Å². The van der Waals surface area contributed by atoms with Crippen LogP contribution in [0.1, 0.15) is 12.0 Å². The second-order valence-electron chi connectivity index (χ2n) is 6.45. The van der Waals surface area contributed by atoms with Crippen molar-refractivity contribution in [2.75, 3.05) is 5.32 Å². The van der Waals surface area contributed by atoms with Crippen molar-refractivity contribution < 1.29 is 4.79 Å². The SMILES string of the molecule is O=C(CCn1ncc2ccccc21)Nc1cnn(CCc2ccccc2)c1. The van der Waals surface area contributed by atoms with Gasteiger partial charge in [-0.3, -0.25) is 14.2 Å². The lowest BCUT2D eigenvalue weighted by atomic mass is 10.1. The number of hydrogen-bond acceptors (Lipinski definition) is 3. The average Bonchev–Trinajstić information content (AvgIpc) is 3.32.